The largest absolute Gasteiger partial charge is 0.325 e. The summed E-state index contributed by atoms with van der Waals surface area (Å²) >= 11 is 0. The third-order valence-electron chi connectivity index (χ3n) is 7.57. The van der Waals surface area contributed by atoms with Gasteiger partial charge in [-0.25, -0.2) is 22.7 Å². The van der Waals surface area contributed by atoms with E-state index in [-0.39, 0.29) is 23.6 Å². The van der Waals surface area contributed by atoms with Crippen molar-refractivity contribution in [3.8, 4) is 11.3 Å². The van der Waals surface area contributed by atoms with Crippen LogP contribution in [0, 0.1) is 38.2 Å². The van der Waals surface area contributed by atoms with Gasteiger partial charge in [0, 0.05) is 35.5 Å². The van der Waals surface area contributed by atoms with Crippen molar-refractivity contribution in [2.24, 2.45) is 7.05 Å². The summed E-state index contributed by atoms with van der Waals surface area (Å²) < 4.78 is 44.9. The second kappa shape index (κ2) is 7.91. The van der Waals surface area contributed by atoms with Gasteiger partial charge in [0.2, 0.25) is 0 Å². The van der Waals surface area contributed by atoms with Crippen molar-refractivity contribution in [2.75, 3.05) is 0 Å². The fourth-order valence-corrected chi connectivity index (χ4v) is 5.84. The summed E-state index contributed by atoms with van der Waals surface area (Å²) in [6, 6.07) is 3.38. The van der Waals surface area contributed by atoms with Crippen LogP contribution in [-0.2, 0) is 13.5 Å². The molecule has 1 fully saturated rings. The van der Waals surface area contributed by atoms with Crippen LogP contribution in [0.1, 0.15) is 64.0 Å². The average molecular weight is 495 g/mol. The maximum Gasteiger partial charge on any atom is 0.273 e. The maximum atomic E-state index is 14.1. The van der Waals surface area contributed by atoms with Crippen LogP contribution < -0.4 is 0 Å². The molecule has 1 saturated heterocycles. The van der Waals surface area contributed by atoms with Crippen LogP contribution in [0.5, 0.6) is 0 Å². The van der Waals surface area contributed by atoms with E-state index in [0.29, 0.717) is 23.5 Å². The van der Waals surface area contributed by atoms with Crippen molar-refractivity contribution in [1.82, 2.24) is 29.3 Å². The van der Waals surface area contributed by atoms with E-state index in [0.717, 1.165) is 59.6 Å². The minimum atomic E-state index is -1.49. The quantitative estimate of drug-likeness (QED) is 0.377. The Labute approximate surface area is 205 Å². The SMILES string of the molecule is Cc1cc(C(=O)N2[C@H]3CCC[C@@H]2c2nn(C)c(-c4cc(F)c(F)c(F)c4)c2C3)n2nc(C)c(C)c2n1. The number of carbonyl (C=O) groups is 1. The van der Waals surface area contributed by atoms with Crippen LogP contribution in [0.3, 0.4) is 0 Å². The number of benzene rings is 1. The van der Waals surface area contributed by atoms with Crippen LogP contribution in [0.25, 0.3) is 16.9 Å². The molecule has 0 N–H and O–H groups in total. The van der Waals surface area contributed by atoms with Gasteiger partial charge >= 0.3 is 0 Å². The Hall–Kier alpha value is -3.69. The fraction of sp³-hybridized carbons (Fsp3) is 0.385. The topological polar surface area (TPSA) is 68.3 Å². The molecule has 0 saturated carbocycles. The van der Waals surface area contributed by atoms with E-state index < -0.39 is 17.5 Å². The lowest BCUT2D eigenvalue weighted by atomic mass is 9.81. The number of rotatable bonds is 2. The summed E-state index contributed by atoms with van der Waals surface area (Å²) in [4.78, 5) is 20.5. The van der Waals surface area contributed by atoms with Gasteiger partial charge in [-0.3, -0.25) is 9.48 Å². The number of carbonyl (C=O) groups excluding carboxylic acids is 1. The molecule has 4 aromatic rings. The highest BCUT2D eigenvalue weighted by Crippen LogP contribution is 2.45. The first-order valence-electron chi connectivity index (χ1n) is 12.0. The fourth-order valence-electron chi connectivity index (χ4n) is 5.84. The van der Waals surface area contributed by atoms with Crippen molar-refractivity contribution in [1.29, 1.82) is 0 Å². The molecule has 186 valence electrons. The van der Waals surface area contributed by atoms with Crippen molar-refractivity contribution >= 4 is 11.6 Å². The van der Waals surface area contributed by atoms with Gasteiger partial charge in [-0.2, -0.15) is 10.2 Å². The van der Waals surface area contributed by atoms with E-state index >= 15 is 0 Å². The Bertz CT molecular complexity index is 1550. The molecule has 5 heterocycles. The Morgan fingerprint density at radius 2 is 1.75 bits per heavy atom. The van der Waals surface area contributed by atoms with Gasteiger partial charge in [0.25, 0.3) is 5.91 Å². The Balaban J connectivity index is 1.47. The lowest BCUT2D eigenvalue weighted by Crippen LogP contribution is -2.50. The van der Waals surface area contributed by atoms with E-state index in [1.807, 2.05) is 25.7 Å². The molecule has 10 heteroatoms. The van der Waals surface area contributed by atoms with Gasteiger partial charge in [-0.05, 0) is 64.7 Å². The molecule has 0 unspecified atom stereocenters. The van der Waals surface area contributed by atoms with E-state index in [1.165, 1.54) is 0 Å². The minimum Gasteiger partial charge on any atom is -0.325 e. The van der Waals surface area contributed by atoms with Crippen LogP contribution in [0.2, 0.25) is 0 Å². The number of halogens is 3. The minimum absolute atomic E-state index is 0.108. The van der Waals surface area contributed by atoms with Gasteiger partial charge in [0.15, 0.2) is 23.1 Å². The van der Waals surface area contributed by atoms with Crippen molar-refractivity contribution in [2.45, 2.75) is 58.5 Å². The molecule has 0 spiro atoms. The first kappa shape index (κ1) is 22.8. The van der Waals surface area contributed by atoms with Gasteiger partial charge in [-0.15, -0.1) is 0 Å². The van der Waals surface area contributed by atoms with Crippen LogP contribution in [0.15, 0.2) is 18.2 Å². The van der Waals surface area contributed by atoms with Crippen molar-refractivity contribution in [3.63, 3.8) is 0 Å². The Morgan fingerprint density at radius 1 is 1.03 bits per heavy atom. The zero-order valence-electron chi connectivity index (χ0n) is 20.4. The predicted octanol–water partition coefficient (Wildman–Crippen LogP) is 4.76. The first-order chi connectivity index (χ1) is 17.2. The molecule has 7 nitrogen and oxygen atoms in total. The first-order valence-corrected chi connectivity index (χ1v) is 12.0. The molecule has 3 aromatic heterocycles. The molecule has 2 aliphatic heterocycles. The predicted molar refractivity (Wildman–Crippen MR) is 126 cm³/mol. The number of hydrogen-bond acceptors (Lipinski definition) is 4. The third kappa shape index (κ3) is 3.19. The second-order valence-electron chi connectivity index (χ2n) is 9.84. The number of piperidine rings is 1. The molecular formula is C26H25F3N6O. The summed E-state index contributed by atoms with van der Waals surface area (Å²) in [5.74, 6) is -4.12. The molecule has 0 radical (unpaired) electrons. The summed E-state index contributed by atoms with van der Waals surface area (Å²) in [6.45, 7) is 5.70. The number of aryl methyl sites for hydroxylation is 4. The molecule has 2 aliphatic rings. The highest BCUT2D eigenvalue weighted by molar-refractivity contribution is 5.94. The number of fused-ring (bicyclic) bond motifs is 5. The van der Waals surface area contributed by atoms with E-state index in [1.54, 1.807) is 22.3 Å². The second-order valence-corrected chi connectivity index (χ2v) is 9.84. The van der Waals surface area contributed by atoms with E-state index in [9.17, 15) is 18.0 Å². The van der Waals surface area contributed by atoms with Crippen molar-refractivity contribution < 1.29 is 18.0 Å². The summed E-state index contributed by atoms with van der Waals surface area (Å²) in [5.41, 5.74) is 5.95. The lowest BCUT2D eigenvalue weighted by Gasteiger charge is -2.45. The molecule has 36 heavy (non-hydrogen) atoms. The number of amides is 1. The van der Waals surface area contributed by atoms with Gasteiger partial charge in [0.1, 0.15) is 5.69 Å². The van der Waals surface area contributed by atoms with Crippen molar-refractivity contribution in [3.05, 3.63) is 69.6 Å². The molecule has 1 aromatic carbocycles. The molecular weight excluding hydrogens is 469 g/mol. The highest BCUT2D eigenvalue weighted by Gasteiger charge is 2.44. The summed E-state index contributed by atoms with van der Waals surface area (Å²) in [5, 5.41) is 9.28. The third-order valence-corrected chi connectivity index (χ3v) is 7.57. The molecule has 0 aliphatic carbocycles. The van der Waals surface area contributed by atoms with Gasteiger partial charge < -0.3 is 4.90 Å². The van der Waals surface area contributed by atoms with E-state index in [2.05, 4.69) is 10.1 Å². The van der Waals surface area contributed by atoms with Gasteiger partial charge in [0.05, 0.1) is 23.1 Å². The summed E-state index contributed by atoms with van der Waals surface area (Å²) in [7, 11) is 1.70. The van der Waals surface area contributed by atoms with Crippen LogP contribution >= 0.6 is 0 Å². The van der Waals surface area contributed by atoms with Crippen LogP contribution in [0.4, 0.5) is 13.2 Å². The Kier molecular flexibility index (Phi) is 5.00. The maximum absolute atomic E-state index is 14.1. The monoisotopic (exact) mass is 494 g/mol. The number of hydrogen-bond donors (Lipinski definition) is 0. The number of aromatic nitrogens is 5. The molecule has 6 rings (SSSR count). The zero-order valence-corrected chi connectivity index (χ0v) is 20.4. The van der Waals surface area contributed by atoms with Crippen LogP contribution in [-0.4, -0.2) is 41.2 Å². The standard InChI is InChI=1S/C26H25F3N6O/c1-12-8-21(35-25(30-12)13(2)14(3)31-35)26(36)34-16-6-5-7-20(34)23-17(11-16)24(33(4)32-23)15-9-18(27)22(29)19(28)10-15/h8-10,16,20H,5-7,11H2,1-4H3/t16-,20+/m0/s1. The smallest absolute Gasteiger partial charge is 0.273 e. The highest BCUT2D eigenvalue weighted by atomic mass is 19.2. The summed E-state index contributed by atoms with van der Waals surface area (Å²) in [6.07, 6.45) is 2.95. The average Bonchev–Trinajstić information content (AvgIpc) is 3.31. The molecule has 1 amide bonds. The number of nitrogens with zero attached hydrogens (tertiary/aromatic N) is 6. The lowest BCUT2D eigenvalue weighted by molar-refractivity contribution is 0.0383. The molecule has 2 atom stereocenters. The zero-order chi connectivity index (χ0) is 25.5. The van der Waals surface area contributed by atoms with E-state index in [4.69, 9.17) is 5.10 Å². The normalized spacial score (nSPS) is 19.1. The molecule has 2 bridgehead atoms. The van der Waals surface area contributed by atoms with Gasteiger partial charge in [-0.1, -0.05) is 0 Å². The Morgan fingerprint density at radius 3 is 2.47 bits per heavy atom.